The largest absolute Gasteiger partial charge is 0.326 e. The molecule has 0 fully saturated rings. The third-order valence-corrected chi connectivity index (χ3v) is 3.49. The Hall–Kier alpha value is -1.68. The fraction of sp³-hybridized carbons (Fsp3) is 0.500. The second-order valence-electron chi connectivity index (χ2n) is 4.96. The third-order valence-electron chi connectivity index (χ3n) is 3.49. The van der Waals surface area contributed by atoms with Crippen molar-refractivity contribution >= 4 is 17.4 Å². The number of benzene rings is 1. The number of nitrogens with one attached hydrogen (secondary N) is 1. The van der Waals surface area contributed by atoms with Crippen LogP contribution in [-0.4, -0.2) is 35.7 Å². The molecular weight excluding hydrogens is 252 g/mol. The molecule has 0 spiro atoms. The zero-order valence-corrected chi connectivity index (χ0v) is 12.8. The van der Waals surface area contributed by atoms with Gasteiger partial charge in [0.2, 0.25) is 5.91 Å². The van der Waals surface area contributed by atoms with E-state index in [2.05, 4.69) is 31.0 Å². The molecule has 1 unspecified atom stereocenters. The highest BCUT2D eigenvalue weighted by atomic mass is 16.1. The zero-order chi connectivity index (χ0) is 15.1. The molecule has 0 aromatic heterocycles. The predicted octanol–water partition coefficient (Wildman–Crippen LogP) is 2.95. The summed E-state index contributed by atoms with van der Waals surface area (Å²) in [5.74, 6) is 0.0259. The summed E-state index contributed by atoms with van der Waals surface area (Å²) >= 11 is 0. The molecule has 110 valence electrons. The molecule has 0 saturated carbocycles. The van der Waals surface area contributed by atoms with E-state index < -0.39 is 0 Å². The van der Waals surface area contributed by atoms with Gasteiger partial charge >= 0.3 is 0 Å². The lowest BCUT2D eigenvalue weighted by Crippen LogP contribution is -2.35. The molecule has 1 N–H and O–H groups in total. The average molecular weight is 276 g/mol. The van der Waals surface area contributed by atoms with Crippen LogP contribution in [-0.2, 0) is 4.79 Å². The van der Waals surface area contributed by atoms with Crippen LogP contribution in [0.5, 0.6) is 0 Å². The Balaban J connectivity index is 2.55. The maximum absolute atomic E-state index is 12.0. The lowest BCUT2D eigenvalue weighted by atomic mass is 10.1. The predicted molar refractivity (Wildman–Crippen MR) is 82.1 cm³/mol. The van der Waals surface area contributed by atoms with Crippen LogP contribution >= 0.6 is 0 Å². The van der Waals surface area contributed by atoms with Gasteiger partial charge in [-0.15, -0.1) is 0 Å². The van der Waals surface area contributed by atoms with Crippen molar-refractivity contribution in [2.75, 3.05) is 18.4 Å². The Bertz CT molecular complexity index is 450. The van der Waals surface area contributed by atoms with Gasteiger partial charge in [-0.3, -0.25) is 9.59 Å². The smallest absolute Gasteiger partial charge is 0.225 e. The first kappa shape index (κ1) is 16.4. The highest BCUT2D eigenvalue weighted by Gasteiger charge is 2.14. The van der Waals surface area contributed by atoms with Crippen molar-refractivity contribution in [3.05, 3.63) is 29.8 Å². The monoisotopic (exact) mass is 276 g/mol. The molecule has 0 heterocycles. The van der Waals surface area contributed by atoms with Gasteiger partial charge in [-0.25, -0.2) is 0 Å². The number of rotatable bonds is 7. The molecule has 0 aliphatic carbocycles. The first-order chi connectivity index (χ1) is 9.47. The molecule has 0 saturated heterocycles. The molecule has 4 nitrogen and oxygen atoms in total. The molecule has 1 amide bonds. The van der Waals surface area contributed by atoms with Gasteiger partial charge in [0.25, 0.3) is 0 Å². The van der Waals surface area contributed by atoms with Gasteiger partial charge in [0, 0.05) is 23.7 Å². The number of ketones is 1. The van der Waals surface area contributed by atoms with Gasteiger partial charge < -0.3 is 10.2 Å². The fourth-order valence-corrected chi connectivity index (χ4v) is 2.24. The summed E-state index contributed by atoms with van der Waals surface area (Å²) in [6.07, 6.45) is 0.468. The molecule has 1 rings (SSSR count). The normalized spacial score (nSPS) is 12.2. The van der Waals surface area contributed by atoms with E-state index in [0.717, 1.165) is 18.8 Å². The molecule has 1 atom stereocenters. The summed E-state index contributed by atoms with van der Waals surface area (Å²) in [7, 11) is 0. The summed E-state index contributed by atoms with van der Waals surface area (Å²) in [6, 6.07) is 7.20. The van der Waals surface area contributed by atoms with Crippen LogP contribution in [0.4, 0.5) is 5.69 Å². The van der Waals surface area contributed by atoms with Crippen molar-refractivity contribution in [1.82, 2.24) is 4.90 Å². The topological polar surface area (TPSA) is 49.4 Å². The number of Topliss-reactive ketones (excluding diaryl/α,β-unsaturated/α-hetero) is 1. The van der Waals surface area contributed by atoms with Gasteiger partial charge in [0.05, 0.1) is 0 Å². The van der Waals surface area contributed by atoms with E-state index in [0.29, 0.717) is 12.0 Å². The quantitative estimate of drug-likeness (QED) is 0.779. The summed E-state index contributed by atoms with van der Waals surface area (Å²) in [6.45, 7) is 9.66. The van der Waals surface area contributed by atoms with Gasteiger partial charge in [-0.1, -0.05) is 13.8 Å². The van der Waals surface area contributed by atoms with Crippen molar-refractivity contribution in [2.24, 2.45) is 0 Å². The van der Waals surface area contributed by atoms with Crippen molar-refractivity contribution in [3.63, 3.8) is 0 Å². The van der Waals surface area contributed by atoms with Crippen LogP contribution in [0, 0.1) is 0 Å². The zero-order valence-electron chi connectivity index (χ0n) is 12.8. The first-order valence-corrected chi connectivity index (χ1v) is 7.12. The molecule has 0 aliphatic rings. The number of amides is 1. The van der Waals surface area contributed by atoms with Crippen LogP contribution in [0.3, 0.4) is 0 Å². The van der Waals surface area contributed by atoms with Crippen molar-refractivity contribution in [1.29, 1.82) is 0 Å². The number of hydrogen-bond donors (Lipinski definition) is 1. The number of nitrogens with zero attached hydrogens (tertiary/aromatic N) is 1. The maximum Gasteiger partial charge on any atom is 0.225 e. The Morgan fingerprint density at radius 3 is 2.15 bits per heavy atom. The van der Waals surface area contributed by atoms with Crippen LogP contribution in [0.1, 0.15) is 44.5 Å². The molecule has 4 heteroatoms. The third kappa shape index (κ3) is 4.78. The van der Waals surface area contributed by atoms with E-state index in [9.17, 15) is 9.59 Å². The molecule has 0 aliphatic heterocycles. The lowest BCUT2D eigenvalue weighted by molar-refractivity contribution is -0.117. The van der Waals surface area contributed by atoms with Crippen molar-refractivity contribution < 1.29 is 9.59 Å². The minimum absolute atomic E-state index is 0.0000231. The Kier molecular flexibility index (Phi) is 6.39. The molecule has 1 aromatic carbocycles. The summed E-state index contributed by atoms with van der Waals surface area (Å²) in [4.78, 5) is 25.4. The average Bonchev–Trinajstić information content (AvgIpc) is 2.40. The Labute approximate surface area is 121 Å². The van der Waals surface area contributed by atoms with Crippen LogP contribution in [0.2, 0.25) is 0 Å². The van der Waals surface area contributed by atoms with Crippen LogP contribution in [0.25, 0.3) is 0 Å². The van der Waals surface area contributed by atoms with E-state index >= 15 is 0 Å². The number of hydrogen-bond acceptors (Lipinski definition) is 3. The minimum Gasteiger partial charge on any atom is -0.326 e. The number of anilines is 1. The summed E-state index contributed by atoms with van der Waals surface area (Å²) < 4.78 is 0. The molecule has 0 radical (unpaired) electrons. The Morgan fingerprint density at radius 2 is 1.70 bits per heavy atom. The molecule has 20 heavy (non-hydrogen) atoms. The van der Waals surface area contributed by atoms with E-state index in [1.165, 1.54) is 6.92 Å². The second-order valence-corrected chi connectivity index (χ2v) is 4.96. The van der Waals surface area contributed by atoms with Crippen molar-refractivity contribution in [2.45, 2.75) is 40.2 Å². The molecule has 1 aromatic rings. The minimum atomic E-state index is -0.0000231. The number of carbonyl (C=O) groups is 2. The van der Waals surface area contributed by atoms with Crippen LogP contribution in [0.15, 0.2) is 24.3 Å². The lowest BCUT2D eigenvalue weighted by Gasteiger charge is -2.25. The maximum atomic E-state index is 12.0. The summed E-state index contributed by atoms with van der Waals surface area (Å²) in [5, 5.41) is 2.87. The van der Waals surface area contributed by atoms with E-state index in [4.69, 9.17) is 0 Å². The van der Waals surface area contributed by atoms with E-state index in [-0.39, 0.29) is 17.7 Å². The number of carbonyl (C=O) groups excluding carboxylic acids is 2. The SMILES string of the molecule is CCN(CC)C(C)CC(=O)Nc1ccc(C(C)=O)cc1. The van der Waals surface area contributed by atoms with Gasteiger partial charge in [0.15, 0.2) is 5.78 Å². The molecule has 0 bridgehead atoms. The highest BCUT2D eigenvalue weighted by molar-refractivity contribution is 5.95. The van der Waals surface area contributed by atoms with Gasteiger partial charge in [-0.05, 0) is 51.2 Å². The fourth-order valence-electron chi connectivity index (χ4n) is 2.24. The first-order valence-electron chi connectivity index (χ1n) is 7.12. The van der Waals surface area contributed by atoms with E-state index in [1.54, 1.807) is 24.3 Å². The van der Waals surface area contributed by atoms with Crippen LogP contribution < -0.4 is 5.32 Å². The standard InChI is InChI=1S/C16H24N2O2/c1-5-18(6-2)12(3)11-16(20)17-15-9-7-14(8-10-15)13(4)19/h7-10,12H,5-6,11H2,1-4H3,(H,17,20). The van der Waals surface area contributed by atoms with Crippen molar-refractivity contribution in [3.8, 4) is 0 Å². The van der Waals surface area contributed by atoms with Gasteiger partial charge in [-0.2, -0.15) is 0 Å². The Morgan fingerprint density at radius 1 is 1.15 bits per heavy atom. The summed E-state index contributed by atoms with van der Waals surface area (Å²) in [5.41, 5.74) is 1.38. The van der Waals surface area contributed by atoms with E-state index in [1.807, 2.05) is 0 Å². The van der Waals surface area contributed by atoms with Gasteiger partial charge in [0.1, 0.15) is 0 Å². The second kappa shape index (κ2) is 7.80. The molecular formula is C16H24N2O2. The highest BCUT2D eigenvalue weighted by Crippen LogP contribution is 2.11.